The van der Waals surface area contributed by atoms with Gasteiger partial charge in [0.15, 0.2) is 0 Å². The van der Waals surface area contributed by atoms with Crippen molar-refractivity contribution < 1.29 is 22.7 Å². The Hall–Kier alpha value is -2.71. The number of primary amides is 1. The zero-order valence-corrected chi connectivity index (χ0v) is 19.8. The second-order valence-electron chi connectivity index (χ2n) is 8.44. The van der Waals surface area contributed by atoms with Gasteiger partial charge in [-0.15, -0.1) is 0 Å². The lowest BCUT2D eigenvalue weighted by Crippen LogP contribution is -2.41. The summed E-state index contributed by atoms with van der Waals surface area (Å²) in [5.74, 6) is -1.26. The lowest BCUT2D eigenvalue weighted by atomic mass is 9.98. The van der Waals surface area contributed by atoms with E-state index in [-0.39, 0.29) is 31.6 Å². The zero-order chi connectivity index (χ0) is 23.6. The number of nitrogens with zero attached hydrogens (tertiary/aromatic N) is 1. The molecule has 2 N–H and O–H groups in total. The van der Waals surface area contributed by atoms with Crippen LogP contribution in [0, 0.1) is 33.6 Å². The molecule has 3 rings (SSSR count). The number of esters is 1. The van der Waals surface area contributed by atoms with E-state index >= 15 is 0 Å². The van der Waals surface area contributed by atoms with Gasteiger partial charge >= 0.3 is 5.97 Å². The molecule has 0 aromatic heterocycles. The molecule has 32 heavy (non-hydrogen) atoms. The molecule has 7 nitrogen and oxygen atoms in total. The Kier molecular flexibility index (Phi) is 7.05. The van der Waals surface area contributed by atoms with Crippen molar-refractivity contribution in [3.05, 3.63) is 63.7 Å². The van der Waals surface area contributed by atoms with E-state index < -0.39 is 15.9 Å². The van der Waals surface area contributed by atoms with Gasteiger partial charge in [-0.2, -0.15) is 4.31 Å². The number of piperidine rings is 1. The smallest absolute Gasteiger partial charge is 0.309 e. The van der Waals surface area contributed by atoms with Gasteiger partial charge in [0.1, 0.15) is 6.61 Å². The number of benzene rings is 2. The van der Waals surface area contributed by atoms with Crippen molar-refractivity contribution in [1.82, 2.24) is 4.31 Å². The maximum atomic E-state index is 13.4. The molecule has 1 aliphatic heterocycles. The largest absolute Gasteiger partial charge is 0.461 e. The average molecular weight is 459 g/mol. The molecule has 0 radical (unpaired) electrons. The van der Waals surface area contributed by atoms with Crippen molar-refractivity contribution in [2.24, 2.45) is 11.7 Å². The van der Waals surface area contributed by atoms with Gasteiger partial charge in [-0.1, -0.05) is 18.2 Å². The predicted octanol–water partition coefficient (Wildman–Crippen LogP) is 3.16. The minimum absolute atomic E-state index is 0.0411. The molecule has 1 amide bonds. The van der Waals surface area contributed by atoms with E-state index in [0.29, 0.717) is 28.9 Å². The summed E-state index contributed by atoms with van der Waals surface area (Å²) >= 11 is 0. The van der Waals surface area contributed by atoms with E-state index in [1.54, 1.807) is 24.3 Å². The molecule has 0 aliphatic carbocycles. The van der Waals surface area contributed by atoms with Crippen LogP contribution in [0.4, 0.5) is 0 Å². The molecule has 8 heteroatoms. The summed E-state index contributed by atoms with van der Waals surface area (Å²) < 4.78 is 33.7. The van der Waals surface area contributed by atoms with E-state index in [0.717, 1.165) is 22.3 Å². The highest BCUT2D eigenvalue weighted by atomic mass is 32.2. The predicted molar refractivity (Wildman–Crippen MR) is 122 cm³/mol. The van der Waals surface area contributed by atoms with Gasteiger partial charge in [0.2, 0.25) is 15.9 Å². The van der Waals surface area contributed by atoms with Gasteiger partial charge in [0, 0.05) is 18.7 Å². The molecule has 1 saturated heterocycles. The third kappa shape index (κ3) is 4.86. The molecule has 0 unspecified atom stereocenters. The zero-order valence-electron chi connectivity index (χ0n) is 19.0. The lowest BCUT2D eigenvalue weighted by Gasteiger charge is -2.31. The molecule has 1 fully saturated rings. The maximum absolute atomic E-state index is 13.4. The van der Waals surface area contributed by atoms with Crippen LogP contribution in [0.5, 0.6) is 0 Å². The SMILES string of the molecule is Cc1cc(C)c(C)c(S(=O)(=O)N2CCC(C(=O)OCc3cccc(C(N)=O)c3)CC2)c1C. The number of rotatable bonds is 6. The average Bonchev–Trinajstić information content (AvgIpc) is 2.76. The van der Waals surface area contributed by atoms with Crippen LogP contribution in [0.3, 0.4) is 0 Å². The maximum Gasteiger partial charge on any atom is 0.309 e. The summed E-state index contributed by atoms with van der Waals surface area (Å²) in [6.07, 6.45) is 0.810. The Morgan fingerprint density at radius 1 is 1.03 bits per heavy atom. The standard InChI is InChI=1S/C24H30N2O5S/c1-15-12-16(2)18(4)22(17(15)3)32(29,30)26-10-8-20(9-11-26)24(28)31-14-19-6-5-7-21(13-19)23(25)27/h5-7,12-13,20H,8-11,14H2,1-4H3,(H2,25,27). The minimum atomic E-state index is -3.65. The van der Waals surface area contributed by atoms with Crippen molar-refractivity contribution in [2.45, 2.75) is 52.0 Å². The van der Waals surface area contributed by atoms with Crippen LogP contribution in [-0.2, 0) is 26.2 Å². The van der Waals surface area contributed by atoms with E-state index in [4.69, 9.17) is 10.5 Å². The molecule has 2 aromatic rings. The van der Waals surface area contributed by atoms with E-state index in [1.165, 1.54) is 4.31 Å². The first kappa shape index (κ1) is 23.9. The van der Waals surface area contributed by atoms with Crippen LogP contribution in [0.15, 0.2) is 35.2 Å². The van der Waals surface area contributed by atoms with Gasteiger partial charge in [-0.3, -0.25) is 9.59 Å². The van der Waals surface area contributed by atoms with Crippen LogP contribution in [-0.4, -0.2) is 37.7 Å². The molecule has 0 bridgehead atoms. The molecule has 0 saturated carbocycles. The number of nitrogens with two attached hydrogens (primary N) is 1. The summed E-state index contributed by atoms with van der Waals surface area (Å²) in [5.41, 5.74) is 9.75. The molecular formula is C24H30N2O5S. The summed E-state index contributed by atoms with van der Waals surface area (Å²) in [6.45, 7) is 8.10. The second kappa shape index (κ2) is 9.42. The summed E-state index contributed by atoms with van der Waals surface area (Å²) in [6, 6.07) is 8.64. The Morgan fingerprint density at radius 2 is 1.62 bits per heavy atom. The van der Waals surface area contributed by atoms with Gasteiger partial charge < -0.3 is 10.5 Å². The van der Waals surface area contributed by atoms with Crippen molar-refractivity contribution in [3.8, 4) is 0 Å². The Labute approximate surface area is 189 Å². The third-order valence-corrected chi connectivity index (χ3v) is 8.45. The Bertz CT molecular complexity index is 1120. The number of carbonyl (C=O) groups excluding carboxylic acids is 2. The number of hydrogen-bond donors (Lipinski definition) is 1. The first-order chi connectivity index (χ1) is 15.0. The third-order valence-electron chi connectivity index (χ3n) is 6.27. The van der Waals surface area contributed by atoms with Crippen LogP contribution in [0.2, 0.25) is 0 Å². The monoisotopic (exact) mass is 458 g/mol. The van der Waals surface area contributed by atoms with Gasteiger partial charge in [0.05, 0.1) is 10.8 Å². The fraction of sp³-hybridized carbons (Fsp3) is 0.417. The summed E-state index contributed by atoms with van der Waals surface area (Å²) in [5, 5.41) is 0. The number of ether oxygens (including phenoxy) is 1. The van der Waals surface area contributed by atoms with Crippen LogP contribution < -0.4 is 5.73 Å². The summed E-state index contributed by atoms with van der Waals surface area (Å²) in [4.78, 5) is 24.2. The van der Waals surface area contributed by atoms with Crippen molar-refractivity contribution >= 4 is 21.9 Å². The van der Waals surface area contributed by atoms with E-state index in [1.807, 2.05) is 33.8 Å². The Balaban J connectivity index is 1.64. The molecule has 172 valence electrons. The van der Waals surface area contributed by atoms with Crippen LogP contribution in [0.1, 0.15) is 51.0 Å². The van der Waals surface area contributed by atoms with Gasteiger partial charge in [0.25, 0.3) is 0 Å². The van der Waals surface area contributed by atoms with Gasteiger partial charge in [-0.25, -0.2) is 8.42 Å². The highest BCUT2D eigenvalue weighted by Crippen LogP contribution is 2.31. The van der Waals surface area contributed by atoms with E-state index in [2.05, 4.69) is 0 Å². The fourth-order valence-electron chi connectivity index (χ4n) is 4.12. The molecule has 0 spiro atoms. The minimum Gasteiger partial charge on any atom is -0.461 e. The highest BCUT2D eigenvalue weighted by molar-refractivity contribution is 7.89. The van der Waals surface area contributed by atoms with Crippen LogP contribution >= 0.6 is 0 Å². The van der Waals surface area contributed by atoms with Crippen molar-refractivity contribution in [3.63, 3.8) is 0 Å². The van der Waals surface area contributed by atoms with Crippen molar-refractivity contribution in [1.29, 1.82) is 0 Å². The van der Waals surface area contributed by atoms with Gasteiger partial charge in [-0.05, 0) is 80.5 Å². The topological polar surface area (TPSA) is 107 Å². The molecule has 2 aromatic carbocycles. The number of carbonyl (C=O) groups is 2. The Morgan fingerprint density at radius 3 is 2.19 bits per heavy atom. The van der Waals surface area contributed by atoms with Crippen molar-refractivity contribution in [2.75, 3.05) is 13.1 Å². The highest BCUT2D eigenvalue weighted by Gasteiger charge is 2.34. The summed E-state index contributed by atoms with van der Waals surface area (Å²) in [7, 11) is -3.65. The molecular weight excluding hydrogens is 428 g/mol. The number of sulfonamides is 1. The molecule has 1 aliphatic rings. The number of aryl methyl sites for hydroxylation is 2. The first-order valence-electron chi connectivity index (χ1n) is 10.6. The second-order valence-corrected chi connectivity index (χ2v) is 10.3. The molecule has 1 heterocycles. The molecule has 0 atom stereocenters. The number of hydrogen-bond acceptors (Lipinski definition) is 5. The lowest BCUT2D eigenvalue weighted by molar-refractivity contribution is -0.151. The number of amides is 1. The quantitative estimate of drug-likeness (QED) is 0.669. The van der Waals surface area contributed by atoms with Crippen LogP contribution in [0.25, 0.3) is 0 Å². The van der Waals surface area contributed by atoms with E-state index in [9.17, 15) is 18.0 Å². The normalized spacial score (nSPS) is 15.5. The fourth-order valence-corrected chi connectivity index (χ4v) is 6.16. The first-order valence-corrected chi connectivity index (χ1v) is 12.1.